The topological polar surface area (TPSA) is 76.2 Å². The molecule has 1 N–H and O–H groups in total. The Morgan fingerprint density at radius 2 is 1.71 bits per heavy atom. The zero-order valence-corrected chi connectivity index (χ0v) is 30.1. The standard InChI is InChI=1S/C41H47F3N4O4/c1-4-51-35-24-32-34(25-36(35)52-27(2)3)45-38(28-9-8-12-30(23-28)41(42,43)44)33(26-47-17-13-31(14-18-47)48-19-21-50-22-20-48)37(32)39(49)46-40(15-16-40)29-10-6-5-7-11-29/h5-12,23-25,27,31H,4,13-22,26H2,1-3H3,(H,46,49). The number of carbonyl (C=O) groups excluding carboxylic acids is 1. The number of amides is 1. The van der Waals surface area contributed by atoms with Gasteiger partial charge in [0.1, 0.15) is 0 Å². The van der Waals surface area contributed by atoms with Crippen molar-refractivity contribution in [1.29, 1.82) is 0 Å². The molecule has 0 unspecified atom stereocenters. The molecule has 52 heavy (non-hydrogen) atoms. The summed E-state index contributed by atoms with van der Waals surface area (Å²) in [5.41, 5.74) is 1.81. The van der Waals surface area contributed by atoms with Gasteiger partial charge in [0.2, 0.25) is 0 Å². The molecule has 11 heteroatoms. The van der Waals surface area contributed by atoms with E-state index < -0.39 is 17.3 Å². The zero-order chi connectivity index (χ0) is 36.5. The molecule has 0 spiro atoms. The number of halogens is 3. The van der Waals surface area contributed by atoms with Crippen molar-refractivity contribution >= 4 is 16.8 Å². The summed E-state index contributed by atoms with van der Waals surface area (Å²) < 4.78 is 60.1. The Labute approximate surface area is 303 Å². The maximum atomic E-state index is 14.9. The Morgan fingerprint density at radius 1 is 0.981 bits per heavy atom. The van der Waals surface area contributed by atoms with Crippen molar-refractivity contribution in [2.45, 2.75) is 76.9 Å². The van der Waals surface area contributed by atoms with Gasteiger partial charge >= 0.3 is 6.18 Å². The number of aromatic nitrogens is 1. The highest BCUT2D eigenvalue weighted by Gasteiger charge is 2.46. The number of hydrogen-bond donors (Lipinski definition) is 1. The van der Waals surface area contributed by atoms with Crippen molar-refractivity contribution in [3.05, 3.63) is 89.0 Å². The van der Waals surface area contributed by atoms with E-state index in [0.717, 1.165) is 82.8 Å². The van der Waals surface area contributed by atoms with Crippen LogP contribution < -0.4 is 14.8 Å². The van der Waals surface area contributed by atoms with E-state index in [4.69, 9.17) is 19.2 Å². The lowest BCUT2D eigenvalue weighted by molar-refractivity contribution is -0.137. The quantitative estimate of drug-likeness (QED) is 0.170. The van der Waals surface area contributed by atoms with E-state index in [0.29, 0.717) is 64.0 Å². The van der Waals surface area contributed by atoms with Crippen LogP contribution in [0.5, 0.6) is 11.5 Å². The van der Waals surface area contributed by atoms with Crippen molar-refractivity contribution < 1.29 is 32.2 Å². The third kappa shape index (κ3) is 7.77. The van der Waals surface area contributed by atoms with Gasteiger partial charge in [-0.2, -0.15) is 13.2 Å². The third-order valence-corrected chi connectivity index (χ3v) is 10.4. The van der Waals surface area contributed by atoms with Crippen molar-refractivity contribution in [1.82, 2.24) is 20.1 Å². The minimum atomic E-state index is -4.55. The minimum absolute atomic E-state index is 0.178. The van der Waals surface area contributed by atoms with Crippen LogP contribution in [0, 0.1) is 0 Å². The monoisotopic (exact) mass is 716 g/mol. The molecule has 1 amide bonds. The normalized spacial score (nSPS) is 18.4. The number of hydrogen-bond acceptors (Lipinski definition) is 7. The van der Waals surface area contributed by atoms with Crippen molar-refractivity contribution in [2.24, 2.45) is 0 Å². The number of nitrogens with one attached hydrogen (secondary N) is 1. The first-order chi connectivity index (χ1) is 25.0. The summed E-state index contributed by atoms with van der Waals surface area (Å²) >= 11 is 0. The third-order valence-electron chi connectivity index (χ3n) is 10.4. The van der Waals surface area contributed by atoms with Gasteiger partial charge in [-0.15, -0.1) is 0 Å². The fraction of sp³-hybridized carbons (Fsp3) is 0.463. The number of likely N-dealkylation sites (tertiary alicyclic amines) is 1. The number of rotatable bonds is 11. The van der Waals surface area contributed by atoms with Crippen LogP contribution in [-0.4, -0.2) is 78.8 Å². The summed E-state index contributed by atoms with van der Waals surface area (Å²) in [5.74, 6) is 0.645. The van der Waals surface area contributed by atoms with E-state index >= 15 is 0 Å². The highest BCUT2D eigenvalue weighted by atomic mass is 19.4. The molecule has 0 radical (unpaired) electrons. The highest BCUT2D eigenvalue weighted by molar-refractivity contribution is 6.10. The lowest BCUT2D eigenvalue weighted by Gasteiger charge is -2.40. The molecule has 0 atom stereocenters. The van der Waals surface area contributed by atoms with Gasteiger partial charge in [0, 0.05) is 48.3 Å². The second-order valence-corrected chi connectivity index (χ2v) is 14.4. The van der Waals surface area contributed by atoms with Gasteiger partial charge in [0.05, 0.1) is 53.8 Å². The Bertz CT molecular complexity index is 1880. The number of pyridine rings is 1. The largest absolute Gasteiger partial charge is 0.490 e. The average molecular weight is 717 g/mol. The Balaban J connectivity index is 1.38. The number of piperidine rings is 1. The van der Waals surface area contributed by atoms with Crippen LogP contribution in [0.4, 0.5) is 13.2 Å². The molecule has 3 aliphatic rings. The summed E-state index contributed by atoms with van der Waals surface area (Å²) in [4.78, 5) is 24.8. The highest BCUT2D eigenvalue weighted by Crippen LogP contribution is 2.47. The van der Waals surface area contributed by atoms with Crippen molar-refractivity contribution in [3.8, 4) is 22.8 Å². The van der Waals surface area contributed by atoms with Crippen LogP contribution in [-0.2, 0) is 23.0 Å². The van der Waals surface area contributed by atoms with E-state index in [9.17, 15) is 18.0 Å². The first-order valence-electron chi connectivity index (χ1n) is 18.4. The molecule has 1 aromatic heterocycles. The molecule has 1 aliphatic carbocycles. The van der Waals surface area contributed by atoms with Gasteiger partial charge in [0.25, 0.3) is 5.91 Å². The molecular weight excluding hydrogens is 669 g/mol. The molecule has 3 fully saturated rings. The maximum absolute atomic E-state index is 14.9. The second kappa shape index (κ2) is 15.0. The predicted molar refractivity (Wildman–Crippen MR) is 195 cm³/mol. The predicted octanol–water partition coefficient (Wildman–Crippen LogP) is 7.82. The SMILES string of the molecule is CCOc1cc2c(C(=O)NC3(c4ccccc4)CC3)c(CN3CCC(N4CCOCC4)CC3)c(-c3cccc(C(F)(F)F)c3)nc2cc1OC(C)C. The Kier molecular flexibility index (Phi) is 10.5. The molecule has 1 saturated carbocycles. The molecule has 276 valence electrons. The molecule has 2 saturated heterocycles. The van der Waals surface area contributed by atoms with Gasteiger partial charge in [-0.25, -0.2) is 4.98 Å². The van der Waals surface area contributed by atoms with Crippen LogP contribution in [0.15, 0.2) is 66.7 Å². The molecular formula is C41H47F3N4O4. The van der Waals surface area contributed by atoms with E-state index in [1.54, 1.807) is 12.1 Å². The molecule has 0 bridgehead atoms. The first kappa shape index (κ1) is 36.2. The summed E-state index contributed by atoms with van der Waals surface area (Å²) in [6, 6.07) is 19.2. The fourth-order valence-corrected chi connectivity index (χ4v) is 7.68. The molecule has 2 aliphatic heterocycles. The molecule has 8 nitrogen and oxygen atoms in total. The smallest absolute Gasteiger partial charge is 0.416 e. The average Bonchev–Trinajstić information content (AvgIpc) is 3.92. The van der Waals surface area contributed by atoms with Gasteiger partial charge < -0.3 is 19.5 Å². The van der Waals surface area contributed by atoms with Gasteiger partial charge in [-0.1, -0.05) is 42.5 Å². The number of alkyl halides is 3. The van der Waals surface area contributed by atoms with E-state index in [1.807, 2.05) is 57.2 Å². The van der Waals surface area contributed by atoms with Crippen LogP contribution in [0.25, 0.3) is 22.2 Å². The van der Waals surface area contributed by atoms with Gasteiger partial charge in [0.15, 0.2) is 11.5 Å². The summed E-state index contributed by atoms with van der Waals surface area (Å²) in [7, 11) is 0. The van der Waals surface area contributed by atoms with Crippen molar-refractivity contribution in [3.63, 3.8) is 0 Å². The lowest BCUT2D eigenvalue weighted by atomic mass is 9.93. The van der Waals surface area contributed by atoms with Crippen LogP contribution in [0.2, 0.25) is 0 Å². The summed E-state index contributed by atoms with van der Waals surface area (Å²) in [6.45, 7) is 11.3. The number of fused-ring (bicyclic) bond motifs is 1. The molecule has 4 aromatic rings. The second-order valence-electron chi connectivity index (χ2n) is 14.4. The maximum Gasteiger partial charge on any atom is 0.416 e. The van der Waals surface area contributed by atoms with Gasteiger partial charge in [-0.05, 0) is 83.3 Å². The number of morpholine rings is 1. The Hall–Kier alpha value is -4.19. The first-order valence-corrected chi connectivity index (χ1v) is 18.4. The summed E-state index contributed by atoms with van der Waals surface area (Å²) in [5, 5.41) is 3.94. The minimum Gasteiger partial charge on any atom is -0.490 e. The van der Waals surface area contributed by atoms with Gasteiger partial charge in [-0.3, -0.25) is 14.6 Å². The zero-order valence-electron chi connectivity index (χ0n) is 30.1. The number of benzene rings is 3. The number of nitrogens with zero attached hydrogens (tertiary/aromatic N) is 3. The fourth-order valence-electron chi connectivity index (χ4n) is 7.68. The lowest BCUT2D eigenvalue weighted by Crippen LogP contribution is -2.48. The van der Waals surface area contributed by atoms with E-state index in [2.05, 4.69) is 15.1 Å². The van der Waals surface area contributed by atoms with Crippen LogP contribution in [0.1, 0.15) is 73.5 Å². The van der Waals surface area contributed by atoms with Crippen LogP contribution in [0.3, 0.4) is 0 Å². The van der Waals surface area contributed by atoms with E-state index in [-0.39, 0.29) is 12.0 Å². The van der Waals surface area contributed by atoms with Crippen molar-refractivity contribution in [2.75, 3.05) is 46.0 Å². The molecule has 3 aromatic carbocycles. The Morgan fingerprint density at radius 3 is 2.37 bits per heavy atom. The molecule has 7 rings (SSSR count). The van der Waals surface area contributed by atoms with Crippen LogP contribution >= 0.6 is 0 Å². The van der Waals surface area contributed by atoms with E-state index in [1.165, 1.54) is 6.07 Å². The summed E-state index contributed by atoms with van der Waals surface area (Å²) in [6.07, 6.45) is -1.26. The number of ether oxygens (including phenoxy) is 3. The molecule has 3 heterocycles. The number of carbonyl (C=O) groups is 1.